The van der Waals surface area contributed by atoms with Gasteiger partial charge in [0.05, 0.1) is 11.3 Å². The molecule has 0 unspecified atom stereocenters. The molecule has 138 valence electrons. The fourth-order valence-electron chi connectivity index (χ4n) is 3.10. The van der Waals surface area contributed by atoms with Gasteiger partial charge in [-0.05, 0) is 36.8 Å². The number of ketones is 1. The quantitative estimate of drug-likeness (QED) is 0.482. The van der Waals surface area contributed by atoms with Crippen LogP contribution in [0.1, 0.15) is 21.6 Å². The number of aryl methyl sites for hydroxylation is 1. The lowest BCUT2D eigenvalue weighted by molar-refractivity contribution is 0.103. The van der Waals surface area contributed by atoms with Gasteiger partial charge >= 0.3 is 0 Å². The summed E-state index contributed by atoms with van der Waals surface area (Å²) in [5, 5.41) is 5.20. The molecule has 5 heteroatoms. The van der Waals surface area contributed by atoms with Crippen molar-refractivity contribution in [2.45, 2.75) is 6.92 Å². The highest BCUT2D eigenvalue weighted by Crippen LogP contribution is 2.33. The third-order valence-electron chi connectivity index (χ3n) is 4.58. The SMILES string of the molecule is Cc1ccc(C(=O)c2nn(-c3ccc(Cl)cc3)c(N)c2-c2ccccc2)cc1. The summed E-state index contributed by atoms with van der Waals surface area (Å²) in [5.74, 6) is 0.238. The Morgan fingerprint density at radius 2 is 1.57 bits per heavy atom. The maximum absolute atomic E-state index is 13.3. The van der Waals surface area contributed by atoms with E-state index >= 15 is 0 Å². The second-order valence-electron chi connectivity index (χ2n) is 6.56. The van der Waals surface area contributed by atoms with Crippen LogP contribution in [0.5, 0.6) is 0 Å². The highest BCUT2D eigenvalue weighted by molar-refractivity contribution is 6.30. The van der Waals surface area contributed by atoms with Crippen LogP contribution in [0, 0.1) is 6.92 Å². The monoisotopic (exact) mass is 387 g/mol. The van der Waals surface area contributed by atoms with Crippen LogP contribution >= 0.6 is 11.6 Å². The summed E-state index contributed by atoms with van der Waals surface area (Å²) in [6, 6.07) is 24.2. The van der Waals surface area contributed by atoms with Gasteiger partial charge in [-0.1, -0.05) is 71.8 Å². The van der Waals surface area contributed by atoms with E-state index in [9.17, 15) is 4.79 Å². The topological polar surface area (TPSA) is 60.9 Å². The summed E-state index contributed by atoms with van der Waals surface area (Å²) < 4.78 is 1.58. The predicted octanol–water partition coefficient (Wildman–Crippen LogP) is 5.31. The van der Waals surface area contributed by atoms with Gasteiger partial charge in [-0.25, -0.2) is 4.68 Å². The van der Waals surface area contributed by atoms with E-state index in [0.717, 1.165) is 16.8 Å². The molecule has 4 nitrogen and oxygen atoms in total. The van der Waals surface area contributed by atoms with Gasteiger partial charge in [-0.15, -0.1) is 0 Å². The number of nitrogen functional groups attached to an aromatic ring is 1. The Labute approximate surface area is 168 Å². The van der Waals surface area contributed by atoms with Crippen molar-refractivity contribution in [1.29, 1.82) is 0 Å². The Balaban J connectivity index is 1.91. The van der Waals surface area contributed by atoms with E-state index in [4.69, 9.17) is 17.3 Å². The molecule has 0 spiro atoms. The normalized spacial score (nSPS) is 10.8. The van der Waals surface area contributed by atoms with Crippen molar-refractivity contribution in [2.24, 2.45) is 0 Å². The van der Waals surface area contributed by atoms with Crippen molar-refractivity contribution in [3.63, 3.8) is 0 Å². The van der Waals surface area contributed by atoms with Crippen molar-refractivity contribution in [2.75, 3.05) is 5.73 Å². The Kier molecular flexibility index (Phi) is 4.72. The van der Waals surface area contributed by atoms with Crippen molar-refractivity contribution in [1.82, 2.24) is 9.78 Å². The Hall–Kier alpha value is -3.37. The Bertz CT molecular complexity index is 1130. The zero-order chi connectivity index (χ0) is 19.7. The number of carbonyl (C=O) groups excluding carboxylic acids is 1. The Morgan fingerprint density at radius 3 is 2.21 bits per heavy atom. The minimum Gasteiger partial charge on any atom is -0.383 e. The predicted molar refractivity (Wildman–Crippen MR) is 113 cm³/mol. The molecule has 0 fully saturated rings. The molecule has 3 aromatic carbocycles. The minimum absolute atomic E-state index is 0.168. The second-order valence-corrected chi connectivity index (χ2v) is 6.99. The summed E-state index contributed by atoms with van der Waals surface area (Å²) in [6.07, 6.45) is 0. The van der Waals surface area contributed by atoms with Gasteiger partial charge < -0.3 is 5.73 Å². The molecule has 0 saturated carbocycles. The van der Waals surface area contributed by atoms with Crippen LogP contribution in [-0.2, 0) is 0 Å². The minimum atomic E-state index is -0.168. The molecule has 1 aromatic heterocycles. The van der Waals surface area contributed by atoms with Crippen LogP contribution in [0.4, 0.5) is 5.82 Å². The molecular formula is C23H18ClN3O. The summed E-state index contributed by atoms with van der Waals surface area (Å²) in [7, 11) is 0. The second kappa shape index (κ2) is 7.33. The van der Waals surface area contributed by atoms with Gasteiger partial charge in [0.25, 0.3) is 0 Å². The van der Waals surface area contributed by atoms with Crippen molar-refractivity contribution >= 4 is 23.2 Å². The Morgan fingerprint density at radius 1 is 0.929 bits per heavy atom. The van der Waals surface area contributed by atoms with E-state index in [-0.39, 0.29) is 5.78 Å². The van der Waals surface area contributed by atoms with Gasteiger partial charge in [-0.3, -0.25) is 4.79 Å². The van der Waals surface area contributed by atoms with Gasteiger partial charge in [-0.2, -0.15) is 5.10 Å². The molecule has 4 aromatic rings. The molecular weight excluding hydrogens is 370 g/mol. The average molecular weight is 388 g/mol. The van der Waals surface area contributed by atoms with Gasteiger partial charge in [0.1, 0.15) is 11.5 Å². The highest BCUT2D eigenvalue weighted by atomic mass is 35.5. The van der Waals surface area contributed by atoms with Crippen LogP contribution in [-0.4, -0.2) is 15.6 Å². The number of nitrogens with two attached hydrogens (primary N) is 1. The number of aromatic nitrogens is 2. The lowest BCUT2D eigenvalue weighted by atomic mass is 9.99. The van der Waals surface area contributed by atoms with E-state index in [1.54, 1.807) is 16.8 Å². The average Bonchev–Trinajstić information content (AvgIpc) is 3.06. The van der Waals surface area contributed by atoms with Crippen LogP contribution in [0.3, 0.4) is 0 Å². The molecule has 0 amide bonds. The molecule has 0 saturated heterocycles. The third kappa shape index (κ3) is 3.30. The van der Waals surface area contributed by atoms with Crippen molar-refractivity contribution < 1.29 is 4.79 Å². The largest absolute Gasteiger partial charge is 0.383 e. The van der Waals surface area contributed by atoms with E-state index in [2.05, 4.69) is 5.10 Å². The maximum Gasteiger partial charge on any atom is 0.213 e. The summed E-state index contributed by atoms with van der Waals surface area (Å²) in [4.78, 5) is 13.3. The summed E-state index contributed by atoms with van der Waals surface area (Å²) >= 11 is 6.00. The lowest BCUT2D eigenvalue weighted by Crippen LogP contribution is -2.05. The molecule has 0 radical (unpaired) electrons. The van der Waals surface area contributed by atoms with Gasteiger partial charge in [0, 0.05) is 10.6 Å². The molecule has 0 bridgehead atoms. The number of hydrogen-bond donors (Lipinski definition) is 1. The number of benzene rings is 3. The number of halogens is 1. The smallest absolute Gasteiger partial charge is 0.213 e. The van der Waals surface area contributed by atoms with Crippen LogP contribution in [0.25, 0.3) is 16.8 Å². The molecule has 2 N–H and O–H groups in total. The number of rotatable bonds is 4. The zero-order valence-corrected chi connectivity index (χ0v) is 16.0. The van der Waals surface area contributed by atoms with Crippen molar-refractivity contribution in [3.8, 4) is 16.8 Å². The maximum atomic E-state index is 13.3. The first-order chi connectivity index (χ1) is 13.5. The highest BCUT2D eigenvalue weighted by Gasteiger charge is 2.24. The molecule has 1 heterocycles. The van der Waals surface area contributed by atoms with Gasteiger partial charge in [0.15, 0.2) is 0 Å². The standard InChI is InChI=1S/C23H18ClN3O/c1-15-7-9-17(10-8-15)22(28)21-20(16-5-3-2-4-6-16)23(25)27(26-21)19-13-11-18(24)12-14-19/h2-14H,25H2,1H3. The van der Waals surface area contributed by atoms with E-state index in [0.29, 0.717) is 27.7 Å². The summed E-state index contributed by atoms with van der Waals surface area (Å²) in [5.41, 5.74) is 10.7. The zero-order valence-electron chi connectivity index (χ0n) is 15.3. The molecule has 4 rings (SSSR count). The van der Waals surface area contributed by atoms with Gasteiger partial charge in [0.2, 0.25) is 5.78 Å². The van der Waals surface area contributed by atoms with E-state index < -0.39 is 0 Å². The fraction of sp³-hybridized carbons (Fsp3) is 0.0435. The number of hydrogen-bond acceptors (Lipinski definition) is 3. The van der Waals surface area contributed by atoms with Crippen LogP contribution in [0.15, 0.2) is 78.9 Å². The van der Waals surface area contributed by atoms with E-state index in [1.807, 2.05) is 73.7 Å². The number of anilines is 1. The number of nitrogens with zero attached hydrogens (tertiary/aromatic N) is 2. The molecule has 28 heavy (non-hydrogen) atoms. The lowest BCUT2D eigenvalue weighted by Gasteiger charge is -2.05. The first-order valence-corrected chi connectivity index (χ1v) is 9.23. The molecule has 0 aliphatic carbocycles. The van der Waals surface area contributed by atoms with E-state index in [1.165, 1.54) is 0 Å². The molecule has 0 aliphatic heterocycles. The van der Waals surface area contributed by atoms with Crippen LogP contribution < -0.4 is 5.73 Å². The van der Waals surface area contributed by atoms with Crippen LogP contribution in [0.2, 0.25) is 5.02 Å². The molecule has 0 aliphatic rings. The first-order valence-electron chi connectivity index (χ1n) is 8.86. The third-order valence-corrected chi connectivity index (χ3v) is 4.84. The summed E-state index contributed by atoms with van der Waals surface area (Å²) in [6.45, 7) is 1.98. The first kappa shape index (κ1) is 18.0. The fourth-order valence-corrected chi connectivity index (χ4v) is 3.23. The molecule has 0 atom stereocenters. The number of carbonyl (C=O) groups is 1. The van der Waals surface area contributed by atoms with Crippen molar-refractivity contribution in [3.05, 3.63) is 101 Å².